The summed E-state index contributed by atoms with van der Waals surface area (Å²) in [7, 11) is 1.89. The molecule has 0 radical (unpaired) electrons. The zero-order valence-corrected chi connectivity index (χ0v) is 15.0. The molecule has 0 atom stereocenters. The highest BCUT2D eigenvalue weighted by Crippen LogP contribution is 2.17. The van der Waals surface area contributed by atoms with E-state index < -0.39 is 0 Å². The van der Waals surface area contributed by atoms with E-state index >= 15 is 0 Å². The molecule has 2 heterocycles. The number of carbonyl (C=O) groups is 1. The fraction of sp³-hybridized carbons (Fsp3) is 0.474. The second kappa shape index (κ2) is 6.77. The third-order valence-corrected chi connectivity index (χ3v) is 4.87. The fourth-order valence-corrected chi connectivity index (χ4v) is 3.42. The normalized spacial score (nSPS) is 15.8. The van der Waals surface area contributed by atoms with Gasteiger partial charge in [0.1, 0.15) is 0 Å². The average molecular weight is 326 g/mol. The summed E-state index contributed by atoms with van der Waals surface area (Å²) in [5.41, 5.74) is 5.17. The summed E-state index contributed by atoms with van der Waals surface area (Å²) in [6.07, 6.45) is 0. The van der Waals surface area contributed by atoms with Crippen LogP contribution in [0.25, 0.3) is 0 Å². The van der Waals surface area contributed by atoms with E-state index in [0.717, 1.165) is 49.7 Å². The summed E-state index contributed by atoms with van der Waals surface area (Å²) in [5, 5.41) is 4.36. The van der Waals surface area contributed by atoms with Gasteiger partial charge in [-0.05, 0) is 26.3 Å². The van der Waals surface area contributed by atoms with Gasteiger partial charge in [0.05, 0.1) is 11.3 Å². The molecule has 1 saturated heterocycles. The smallest absolute Gasteiger partial charge is 0.257 e. The lowest BCUT2D eigenvalue weighted by Crippen LogP contribution is -2.48. The van der Waals surface area contributed by atoms with Crippen molar-refractivity contribution >= 4 is 5.91 Å². The summed E-state index contributed by atoms with van der Waals surface area (Å²) < 4.78 is 1.79. The van der Waals surface area contributed by atoms with Gasteiger partial charge in [-0.25, -0.2) is 0 Å². The lowest BCUT2D eigenvalue weighted by atomic mass is 10.1. The molecule has 5 heteroatoms. The lowest BCUT2D eigenvalue weighted by Gasteiger charge is -2.34. The number of hydrogen-bond donors (Lipinski definition) is 0. The topological polar surface area (TPSA) is 41.4 Å². The third-order valence-electron chi connectivity index (χ3n) is 4.87. The second-order valence-corrected chi connectivity index (χ2v) is 6.73. The molecule has 24 heavy (non-hydrogen) atoms. The Hall–Kier alpha value is -2.14. The van der Waals surface area contributed by atoms with E-state index in [1.165, 1.54) is 11.1 Å². The Morgan fingerprint density at radius 3 is 2.42 bits per heavy atom. The van der Waals surface area contributed by atoms with Gasteiger partial charge >= 0.3 is 0 Å². The van der Waals surface area contributed by atoms with Crippen molar-refractivity contribution in [1.29, 1.82) is 0 Å². The van der Waals surface area contributed by atoms with Gasteiger partial charge in [-0.15, -0.1) is 0 Å². The van der Waals surface area contributed by atoms with Crippen LogP contribution in [0.15, 0.2) is 24.3 Å². The SMILES string of the molecule is Cc1cccc(CN2CCN(C(=O)c3c(C)nn(C)c3C)CC2)c1. The van der Waals surface area contributed by atoms with Crippen molar-refractivity contribution in [3.05, 3.63) is 52.3 Å². The van der Waals surface area contributed by atoms with Gasteiger partial charge in [-0.2, -0.15) is 5.10 Å². The molecule has 0 bridgehead atoms. The predicted octanol–water partition coefficient (Wildman–Crippen LogP) is 2.30. The van der Waals surface area contributed by atoms with Crippen LogP contribution < -0.4 is 0 Å². The highest BCUT2D eigenvalue weighted by molar-refractivity contribution is 5.96. The van der Waals surface area contributed by atoms with Crippen LogP contribution in [-0.4, -0.2) is 51.7 Å². The van der Waals surface area contributed by atoms with Gasteiger partial charge in [0.25, 0.3) is 5.91 Å². The highest BCUT2D eigenvalue weighted by Gasteiger charge is 2.26. The minimum atomic E-state index is 0.119. The highest BCUT2D eigenvalue weighted by atomic mass is 16.2. The van der Waals surface area contributed by atoms with Crippen LogP contribution >= 0.6 is 0 Å². The van der Waals surface area contributed by atoms with Gasteiger partial charge in [0.15, 0.2) is 0 Å². The molecule has 1 amide bonds. The number of rotatable bonds is 3. The molecule has 0 N–H and O–H groups in total. The molecule has 128 valence electrons. The van der Waals surface area contributed by atoms with Crippen LogP contribution in [0, 0.1) is 20.8 Å². The molecule has 1 aromatic carbocycles. The summed E-state index contributed by atoms with van der Waals surface area (Å²) in [4.78, 5) is 17.2. The minimum Gasteiger partial charge on any atom is -0.336 e. The first-order chi connectivity index (χ1) is 11.5. The van der Waals surface area contributed by atoms with E-state index in [-0.39, 0.29) is 5.91 Å². The maximum absolute atomic E-state index is 12.8. The molecule has 1 aromatic heterocycles. The average Bonchev–Trinajstić information content (AvgIpc) is 2.80. The van der Waals surface area contributed by atoms with Crippen molar-refractivity contribution in [1.82, 2.24) is 19.6 Å². The summed E-state index contributed by atoms with van der Waals surface area (Å²) in [5.74, 6) is 0.119. The molecule has 1 aliphatic heterocycles. The largest absolute Gasteiger partial charge is 0.336 e. The van der Waals surface area contributed by atoms with Crippen molar-refractivity contribution in [2.24, 2.45) is 7.05 Å². The monoisotopic (exact) mass is 326 g/mol. The molecule has 1 fully saturated rings. The molecule has 0 unspecified atom stereocenters. The second-order valence-electron chi connectivity index (χ2n) is 6.73. The number of nitrogens with zero attached hydrogens (tertiary/aromatic N) is 4. The molecule has 0 spiro atoms. The number of carbonyl (C=O) groups excluding carboxylic acids is 1. The van der Waals surface area contributed by atoms with E-state index in [0.29, 0.717) is 0 Å². The molecule has 2 aromatic rings. The lowest BCUT2D eigenvalue weighted by molar-refractivity contribution is 0.0627. The number of aromatic nitrogens is 2. The number of hydrogen-bond acceptors (Lipinski definition) is 3. The first kappa shape index (κ1) is 16.7. The van der Waals surface area contributed by atoms with Gasteiger partial charge in [0, 0.05) is 45.5 Å². The number of piperazine rings is 1. The van der Waals surface area contributed by atoms with Crippen LogP contribution in [0.4, 0.5) is 0 Å². The van der Waals surface area contributed by atoms with Gasteiger partial charge < -0.3 is 4.90 Å². The number of aryl methyl sites for hydroxylation is 3. The molecule has 1 aliphatic rings. The van der Waals surface area contributed by atoms with Crippen molar-refractivity contribution in [2.75, 3.05) is 26.2 Å². The molecule has 3 rings (SSSR count). The standard InChI is InChI=1S/C19H26N4O/c1-14-6-5-7-17(12-14)13-22-8-10-23(11-9-22)19(24)18-15(2)20-21(4)16(18)3/h5-7,12H,8-11,13H2,1-4H3. The van der Waals surface area contributed by atoms with Crippen LogP contribution in [0.5, 0.6) is 0 Å². The molecular formula is C19H26N4O. The first-order valence-electron chi connectivity index (χ1n) is 8.53. The van der Waals surface area contributed by atoms with Gasteiger partial charge in [-0.3, -0.25) is 14.4 Å². The summed E-state index contributed by atoms with van der Waals surface area (Å²) in [6, 6.07) is 8.64. The Balaban J connectivity index is 1.61. The zero-order chi connectivity index (χ0) is 17.3. The van der Waals surface area contributed by atoms with Crippen LogP contribution in [0.2, 0.25) is 0 Å². The zero-order valence-electron chi connectivity index (χ0n) is 15.0. The Kier molecular flexibility index (Phi) is 4.71. The van der Waals surface area contributed by atoms with E-state index in [1.807, 2.05) is 25.8 Å². The quantitative estimate of drug-likeness (QED) is 0.869. The van der Waals surface area contributed by atoms with E-state index in [2.05, 4.69) is 41.2 Å². The van der Waals surface area contributed by atoms with E-state index in [4.69, 9.17) is 0 Å². The minimum absolute atomic E-state index is 0.119. The van der Waals surface area contributed by atoms with E-state index in [9.17, 15) is 4.79 Å². The molecular weight excluding hydrogens is 300 g/mol. The molecule has 0 aliphatic carbocycles. The van der Waals surface area contributed by atoms with E-state index in [1.54, 1.807) is 4.68 Å². The first-order valence-corrected chi connectivity index (χ1v) is 8.53. The maximum Gasteiger partial charge on any atom is 0.257 e. The van der Waals surface area contributed by atoms with Crippen molar-refractivity contribution in [3.8, 4) is 0 Å². The summed E-state index contributed by atoms with van der Waals surface area (Å²) in [6.45, 7) is 10.3. The predicted molar refractivity (Wildman–Crippen MR) is 95.0 cm³/mol. The van der Waals surface area contributed by atoms with Crippen LogP contribution in [0.3, 0.4) is 0 Å². The Morgan fingerprint density at radius 1 is 1.12 bits per heavy atom. The van der Waals surface area contributed by atoms with Crippen LogP contribution in [-0.2, 0) is 13.6 Å². The Bertz CT molecular complexity index is 742. The molecule has 0 saturated carbocycles. The number of amides is 1. The van der Waals surface area contributed by atoms with Crippen molar-refractivity contribution in [3.63, 3.8) is 0 Å². The maximum atomic E-state index is 12.8. The summed E-state index contributed by atoms with van der Waals surface area (Å²) >= 11 is 0. The Morgan fingerprint density at radius 2 is 1.83 bits per heavy atom. The van der Waals surface area contributed by atoms with Crippen molar-refractivity contribution in [2.45, 2.75) is 27.3 Å². The van der Waals surface area contributed by atoms with Crippen molar-refractivity contribution < 1.29 is 4.79 Å². The Labute approximate surface area is 143 Å². The molecule has 5 nitrogen and oxygen atoms in total. The van der Waals surface area contributed by atoms with Gasteiger partial charge in [0.2, 0.25) is 0 Å². The van der Waals surface area contributed by atoms with Crippen LogP contribution in [0.1, 0.15) is 32.9 Å². The fourth-order valence-electron chi connectivity index (χ4n) is 3.42. The van der Waals surface area contributed by atoms with Gasteiger partial charge in [-0.1, -0.05) is 29.8 Å². The third kappa shape index (κ3) is 3.36. The number of benzene rings is 1.